The SMILES string of the molecule is CCN(CC)C(=CC(=O)c1ccc(Cl)cc1)C(=O)c1ccc(Cl)cc1. The van der Waals surface area contributed by atoms with Crippen LogP contribution in [-0.2, 0) is 0 Å². The van der Waals surface area contributed by atoms with E-state index in [4.69, 9.17) is 23.2 Å². The van der Waals surface area contributed by atoms with Gasteiger partial charge in [0.05, 0.1) is 5.70 Å². The summed E-state index contributed by atoms with van der Waals surface area (Å²) in [5, 5.41) is 1.11. The van der Waals surface area contributed by atoms with Crippen LogP contribution in [0.3, 0.4) is 0 Å². The molecular weight excluding hydrogens is 357 g/mol. The fraction of sp³-hybridized carbons (Fsp3) is 0.200. The van der Waals surface area contributed by atoms with Crippen molar-refractivity contribution in [3.8, 4) is 0 Å². The number of benzene rings is 2. The van der Waals surface area contributed by atoms with E-state index in [0.29, 0.717) is 40.0 Å². The summed E-state index contributed by atoms with van der Waals surface area (Å²) in [7, 11) is 0. The summed E-state index contributed by atoms with van der Waals surface area (Å²) in [5.41, 5.74) is 1.34. The van der Waals surface area contributed by atoms with E-state index in [-0.39, 0.29) is 11.6 Å². The molecule has 0 heterocycles. The molecule has 0 amide bonds. The number of halogens is 2. The van der Waals surface area contributed by atoms with E-state index < -0.39 is 0 Å². The van der Waals surface area contributed by atoms with Crippen LogP contribution in [0.5, 0.6) is 0 Å². The molecule has 0 saturated carbocycles. The first-order chi connectivity index (χ1) is 12.0. The first kappa shape index (κ1) is 19.2. The van der Waals surface area contributed by atoms with E-state index in [1.54, 1.807) is 48.5 Å². The van der Waals surface area contributed by atoms with Gasteiger partial charge in [-0.25, -0.2) is 0 Å². The van der Waals surface area contributed by atoms with Gasteiger partial charge in [0.2, 0.25) is 5.78 Å². The summed E-state index contributed by atoms with van der Waals surface area (Å²) in [4.78, 5) is 27.3. The van der Waals surface area contributed by atoms with Crippen LogP contribution in [0, 0.1) is 0 Å². The van der Waals surface area contributed by atoms with Crippen molar-refractivity contribution in [1.82, 2.24) is 4.90 Å². The third-order valence-corrected chi connectivity index (χ3v) is 4.34. The fourth-order valence-electron chi connectivity index (χ4n) is 2.44. The first-order valence-electron chi connectivity index (χ1n) is 8.03. The zero-order valence-corrected chi connectivity index (χ0v) is 15.6. The first-order valence-corrected chi connectivity index (χ1v) is 8.78. The van der Waals surface area contributed by atoms with Crippen LogP contribution in [0.4, 0.5) is 0 Å². The number of ketones is 2. The molecule has 0 unspecified atom stereocenters. The van der Waals surface area contributed by atoms with Gasteiger partial charge >= 0.3 is 0 Å². The van der Waals surface area contributed by atoms with Crippen molar-refractivity contribution in [3.63, 3.8) is 0 Å². The molecule has 130 valence electrons. The van der Waals surface area contributed by atoms with Gasteiger partial charge in [0.25, 0.3) is 0 Å². The molecule has 3 nitrogen and oxygen atoms in total. The largest absolute Gasteiger partial charge is 0.369 e. The molecule has 2 aromatic carbocycles. The van der Waals surface area contributed by atoms with Crippen LogP contribution >= 0.6 is 23.2 Å². The number of hydrogen-bond acceptors (Lipinski definition) is 3. The Kier molecular flexibility index (Phi) is 6.80. The lowest BCUT2D eigenvalue weighted by atomic mass is 10.0. The van der Waals surface area contributed by atoms with Crippen molar-refractivity contribution < 1.29 is 9.59 Å². The van der Waals surface area contributed by atoms with E-state index >= 15 is 0 Å². The van der Waals surface area contributed by atoms with Crippen LogP contribution < -0.4 is 0 Å². The number of likely N-dealkylation sites (N-methyl/N-ethyl adjacent to an activating group) is 1. The highest BCUT2D eigenvalue weighted by molar-refractivity contribution is 6.31. The second kappa shape index (κ2) is 8.84. The Balaban J connectivity index is 2.41. The van der Waals surface area contributed by atoms with Gasteiger partial charge in [0.1, 0.15) is 0 Å². The normalized spacial score (nSPS) is 11.3. The molecule has 0 aliphatic rings. The maximum atomic E-state index is 12.9. The number of allylic oxidation sites excluding steroid dienone is 2. The van der Waals surface area contributed by atoms with Crippen molar-refractivity contribution in [1.29, 1.82) is 0 Å². The Bertz CT molecular complexity index is 776. The minimum atomic E-state index is -0.235. The molecule has 5 heteroatoms. The van der Waals surface area contributed by atoms with E-state index in [2.05, 4.69) is 0 Å². The summed E-state index contributed by atoms with van der Waals surface area (Å²) in [6.07, 6.45) is 1.40. The van der Waals surface area contributed by atoms with Gasteiger partial charge in [-0.1, -0.05) is 23.2 Å². The molecule has 0 spiro atoms. The second-order valence-corrected chi connectivity index (χ2v) is 6.28. The van der Waals surface area contributed by atoms with Crippen molar-refractivity contribution in [2.45, 2.75) is 13.8 Å². The Hall–Kier alpha value is -2.10. The van der Waals surface area contributed by atoms with Crippen LogP contribution in [0.25, 0.3) is 0 Å². The lowest BCUT2D eigenvalue weighted by Crippen LogP contribution is -2.28. The van der Waals surface area contributed by atoms with Crippen molar-refractivity contribution in [2.75, 3.05) is 13.1 Å². The van der Waals surface area contributed by atoms with Gasteiger partial charge < -0.3 is 4.90 Å². The lowest BCUT2D eigenvalue weighted by Gasteiger charge is -2.23. The van der Waals surface area contributed by atoms with Crippen LogP contribution in [-0.4, -0.2) is 29.6 Å². The molecule has 0 saturated heterocycles. The van der Waals surface area contributed by atoms with Crippen molar-refractivity contribution in [2.24, 2.45) is 0 Å². The van der Waals surface area contributed by atoms with E-state index in [1.165, 1.54) is 6.08 Å². The zero-order chi connectivity index (χ0) is 18.4. The maximum absolute atomic E-state index is 12.9. The van der Waals surface area contributed by atoms with Crippen LogP contribution in [0.2, 0.25) is 10.0 Å². The minimum absolute atomic E-state index is 0.206. The van der Waals surface area contributed by atoms with Gasteiger partial charge in [-0.2, -0.15) is 0 Å². The quantitative estimate of drug-likeness (QED) is 0.487. The molecule has 2 aromatic rings. The third-order valence-electron chi connectivity index (χ3n) is 3.84. The standard InChI is InChI=1S/C20H19Cl2NO2/c1-3-23(4-2)18(20(25)15-7-11-17(22)12-8-15)13-19(24)14-5-9-16(21)10-6-14/h5-13H,3-4H2,1-2H3. The summed E-state index contributed by atoms with van der Waals surface area (Å²) in [6, 6.07) is 13.2. The molecule has 0 aliphatic heterocycles. The molecule has 0 aromatic heterocycles. The highest BCUT2D eigenvalue weighted by atomic mass is 35.5. The number of Topliss-reactive ketones (excluding diaryl/α,β-unsaturated/α-hetero) is 1. The molecule has 0 bridgehead atoms. The molecule has 0 aliphatic carbocycles. The molecule has 0 atom stereocenters. The highest BCUT2D eigenvalue weighted by Crippen LogP contribution is 2.18. The monoisotopic (exact) mass is 375 g/mol. The number of rotatable bonds is 7. The second-order valence-electron chi connectivity index (χ2n) is 5.41. The topological polar surface area (TPSA) is 37.4 Å². The van der Waals surface area contributed by atoms with Crippen LogP contribution in [0.1, 0.15) is 34.6 Å². The number of hydrogen-bond donors (Lipinski definition) is 0. The predicted octanol–water partition coefficient (Wildman–Crippen LogP) is 5.28. The van der Waals surface area contributed by atoms with Crippen LogP contribution in [0.15, 0.2) is 60.3 Å². The van der Waals surface area contributed by atoms with Gasteiger partial charge in [-0.15, -0.1) is 0 Å². The number of carbonyl (C=O) groups is 2. The molecule has 0 N–H and O–H groups in total. The highest BCUT2D eigenvalue weighted by Gasteiger charge is 2.19. The summed E-state index contributed by atoms with van der Waals surface area (Å²) >= 11 is 11.7. The van der Waals surface area contributed by atoms with E-state index in [0.717, 1.165) is 0 Å². The Morgan fingerprint density at radius 3 is 1.72 bits per heavy atom. The Morgan fingerprint density at radius 1 is 0.840 bits per heavy atom. The van der Waals surface area contributed by atoms with Crippen molar-refractivity contribution in [3.05, 3.63) is 81.5 Å². The molecule has 2 rings (SSSR count). The zero-order valence-electron chi connectivity index (χ0n) is 14.1. The van der Waals surface area contributed by atoms with Crippen molar-refractivity contribution >= 4 is 34.8 Å². The molecule has 0 radical (unpaired) electrons. The smallest absolute Gasteiger partial charge is 0.209 e. The molecule has 0 fully saturated rings. The fourth-order valence-corrected chi connectivity index (χ4v) is 2.69. The predicted molar refractivity (Wildman–Crippen MR) is 103 cm³/mol. The number of carbonyl (C=O) groups excluding carboxylic acids is 2. The van der Waals surface area contributed by atoms with Gasteiger partial charge in [-0.05, 0) is 62.4 Å². The average molecular weight is 376 g/mol. The van der Waals surface area contributed by atoms with Gasteiger partial charge in [0.15, 0.2) is 5.78 Å². The third kappa shape index (κ3) is 4.94. The molecule has 25 heavy (non-hydrogen) atoms. The minimum Gasteiger partial charge on any atom is -0.369 e. The summed E-state index contributed by atoms with van der Waals surface area (Å²) in [5.74, 6) is -0.441. The molecular formula is C20H19Cl2NO2. The lowest BCUT2D eigenvalue weighted by molar-refractivity contribution is 0.0975. The summed E-state index contributed by atoms with van der Waals surface area (Å²) < 4.78 is 0. The van der Waals surface area contributed by atoms with E-state index in [9.17, 15) is 9.59 Å². The maximum Gasteiger partial charge on any atom is 0.209 e. The number of nitrogens with zero attached hydrogens (tertiary/aromatic N) is 1. The van der Waals surface area contributed by atoms with E-state index in [1.807, 2.05) is 18.7 Å². The Morgan fingerprint density at radius 2 is 1.28 bits per heavy atom. The van der Waals surface area contributed by atoms with Gasteiger partial charge in [-0.3, -0.25) is 9.59 Å². The summed E-state index contributed by atoms with van der Waals surface area (Å²) in [6.45, 7) is 5.13. The van der Waals surface area contributed by atoms with Gasteiger partial charge in [0, 0.05) is 40.3 Å². The average Bonchev–Trinajstić information content (AvgIpc) is 2.62. The Labute approximate surface area is 157 Å².